The SMILES string of the molecule is Cc1cc(Br)ccc1NC(=O)C[NH+](C)[C@@H](C(=O)N(C)C)c1ccccc1. The van der Waals surface area contributed by atoms with Crippen LogP contribution >= 0.6 is 15.9 Å². The normalized spacial score (nSPS) is 13.0. The second-order valence-corrected chi connectivity index (χ2v) is 7.52. The molecule has 26 heavy (non-hydrogen) atoms. The van der Waals surface area contributed by atoms with Gasteiger partial charge in [0.15, 0.2) is 12.6 Å². The monoisotopic (exact) mass is 418 g/mol. The number of quaternary nitrogens is 1. The predicted octanol–water partition coefficient (Wildman–Crippen LogP) is 2.04. The molecule has 2 aromatic rings. The van der Waals surface area contributed by atoms with E-state index in [0.717, 1.165) is 26.2 Å². The Morgan fingerprint density at radius 3 is 2.38 bits per heavy atom. The Morgan fingerprint density at radius 1 is 1.15 bits per heavy atom. The van der Waals surface area contributed by atoms with E-state index >= 15 is 0 Å². The summed E-state index contributed by atoms with van der Waals surface area (Å²) in [6.45, 7) is 2.13. The van der Waals surface area contributed by atoms with Crippen molar-refractivity contribution < 1.29 is 14.5 Å². The second-order valence-electron chi connectivity index (χ2n) is 6.61. The zero-order valence-corrected chi connectivity index (χ0v) is 17.1. The van der Waals surface area contributed by atoms with Crippen LogP contribution in [0.15, 0.2) is 53.0 Å². The van der Waals surface area contributed by atoms with Crippen LogP contribution in [0.3, 0.4) is 0 Å². The van der Waals surface area contributed by atoms with E-state index in [4.69, 9.17) is 0 Å². The smallest absolute Gasteiger partial charge is 0.285 e. The van der Waals surface area contributed by atoms with Crippen molar-refractivity contribution in [1.29, 1.82) is 0 Å². The number of likely N-dealkylation sites (N-methyl/N-ethyl adjacent to an activating group) is 2. The molecule has 0 aromatic heterocycles. The third-order valence-electron chi connectivity index (χ3n) is 4.22. The van der Waals surface area contributed by atoms with Gasteiger partial charge < -0.3 is 15.1 Å². The summed E-state index contributed by atoms with van der Waals surface area (Å²) in [6, 6.07) is 14.9. The van der Waals surface area contributed by atoms with Gasteiger partial charge in [0.2, 0.25) is 0 Å². The molecule has 2 amide bonds. The van der Waals surface area contributed by atoms with E-state index in [0.29, 0.717) is 0 Å². The first-order valence-electron chi connectivity index (χ1n) is 8.44. The molecule has 0 aliphatic carbocycles. The van der Waals surface area contributed by atoms with Crippen molar-refractivity contribution >= 4 is 33.4 Å². The fourth-order valence-electron chi connectivity index (χ4n) is 2.86. The highest BCUT2D eigenvalue weighted by Crippen LogP contribution is 2.19. The first-order valence-corrected chi connectivity index (χ1v) is 9.23. The van der Waals surface area contributed by atoms with Gasteiger partial charge in [-0.05, 0) is 30.7 Å². The molecule has 0 bridgehead atoms. The lowest BCUT2D eigenvalue weighted by Gasteiger charge is -2.26. The highest BCUT2D eigenvalue weighted by atomic mass is 79.9. The van der Waals surface area contributed by atoms with Crippen molar-refractivity contribution in [2.45, 2.75) is 13.0 Å². The molecule has 138 valence electrons. The van der Waals surface area contributed by atoms with Gasteiger partial charge in [-0.3, -0.25) is 9.59 Å². The van der Waals surface area contributed by atoms with Gasteiger partial charge in [-0.25, -0.2) is 0 Å². The fraction of sp³-hybridized carbons (Fsp3) is 0.300. The molecule has 0 fully saturated rings. The summed E-state index contributed by atoms with van der Waals surface area (Å²) < 4.78 is 0.969. The van der Waals surface area contributed by atoms with Crippen LogP contribution in [0.1, 0.15) is 17.2 Å². The van der Waals surface area contributed by atoms with E-state index in [1.54, 1.807) is 19.0 Å². The van der Waals surface area contributed by atoms with Gasteiger partial charge in [0, 0.05) is 29.8 Å². The number of nitrogens with one attached hydrogen (secondary N) is 2. The van der Waals surface area contributed by atoms with Crippen LogP contribution < -0.4 is 10.2 Å². The lowest BCUT2D eigenvalue weighted by Crippen LogP contribution is -3.11. The van der Waals surface area contributed by atoms with Crippen LogP contribution in [0.25, 0.3) is 0 Å². The molecule has 2 aromatic carbocycles. The molecule has 0 saturated carbocycles. The molecule has 5 nitrogen and oxygen atoms in total. The summed E-state index contributed by atoms with van der Waals surface area (Å²) in [6.07, 6.45) is 0. The minimum absolute atomic E-state index is 0.0266. The van der Waals surface area contributed by atoms with Gasteiger partial charge in [0.25, 0.3) is 11.8 Å². The van der Waals surface area contributed by atoms with Crippen LogP contribution in [0.5, 0.6) is 0 Å². The van der Waals surface area contributed by atoms with Gasteiger partial charge >= 0.3 is 0 Å². The molecule has 0 radical (unpaired) electrons. The van der Waals surface area contributed by atoms with Crippen molar-refractivity contribution in [3.05, 3.63) is 64.1 Å². The van der Waals surface area contributed by atoms with Crippen LogP contribution in [-0.2, 0) is 9.59 Å². The van der Waals surface area contributed by atoms with Crippen molar-refractivity contribution in [2.75, 3.05) is 33.0 Å². The van der Waals surface area contributed by atoms with Crippen molar-refractivity contribution in [3.63, 3.8) is 0 Å². The maximum absolute atomic E-state index is 12.7. The number of carbonyl (C=O) groups excluding carboxylic acids is 2. The van der Waals surface area contributed by atoms with Crippen LogP contribution in [0.2, 0.25) is 0 Å². The van der Waals surface area contributed by atoms with Crippen LogP contribution in [-0.4, -0.2) is 44.4 Å². The first-order chi connectivity index (χ1) is 12.3. The Morgan fingerprint density at radius 2 is 1.81 bits per heavy atom. The lowest BCUT2D eigenvalue weighted by atomic mass is 10.0. The van der Waals surface area contributed by atoms with Crippen LogP contribution in [0.4, 0.5) is 5.69 Å². The highest BCUT2D eigenvalue weighted by Gasteiger charge is 2.31. The van der Waals surface area contributed by atoms with Gasteiger partial charge in [-0.1, -0.05) is 46.3 Å². The van der Waals surface area contributed by atoms with Crippen LogP contribution in [0, 0.1) is 6.92 Å². The number of anilines is 1. The third kappa shape index (κ3) is 5.16. The summed E-state index contributed by atoms with van der Waals surface area (Å²) in [5.41, 5.74) is 2.66. The summed E-state index contributed by atoms with van der Waals surface area (Å²) in [5, 5.41) is 2.94. The first kappa shape index (κ1) is 20.1. The number of aryl methyl sites for hydroxylation is 1. The maximum Gasteiger partial charge on any atom is 0.285 e. The molecule has 0 heterocycles. The van der Waals surface area contributed by atoms with Gasteiger partial charge in [-0.2, -0.15) is 0 Å². The third-order valence-corrected chi connectivity index (χ3v) is 4.71. The lowest BCUT2D eigenvalue weighted by molar-refractivity contribution is -0.894. The Balaban J connectivity index is 2.14. The Hall–Kier alpha value is -2.18. The second kappa shape index (κ2) is 8.96. The van der Waals surface area contributed by atoms with Crippen molar-refractivity contribution in [2.24, 2.45) is 0 Å². The molecule has 0 aliphatic rings. The minimum atomic E-state index is -0.428. The molecule has 0 aliphatic heterocycles. The minimum Gasteiger partial charge on any atom is -0.343 e. The molecule has 6 heteroatoms. The fourth-order valence-corrected chi connectivity index (χ4v) is 3.33. The van der Waals surface area contributed by atoms with E-state index < -0.39 is 6.04 Å². The van der Waals surface area contributed by atoms with E-state index in [1.165, 1.54) is 0 Å². The van der Waals surface area contributed by atoms with E-state index in [2.05, 4.69) is 21.2 Å². The predicted molar refractivity (Wildman–Crippen MR) is 107 cm³/mol. The Kier molecular flexibility index (Phi) is 6.94. The van der Waals surface area contributed by atoms with E-state index in [1.807, 2.05) is 62.5 Å². The topological polar surface area (TPSA) is 53.9 Å². The van der Waals surface area contributed by atoms with Gasteiger partial charge in [0.05, 0.1) is 7.05 Å². The molecule has 2 rings (SSSR count). The number of rotatable bonds is 6. The molecule has 2 N–H and O–H groups in total. The molecule has 1 unspecified atom stereocenters. The summed E-state index contributed by atoms with van der Waals surface area (Å²) in [5.74, 6) is -0.151. The zero-order chi connectivity index (χ0) is 19.3. The van der Waals surface area contributed by atoms with Crippen molar-refractivity contribution in [1.82, 2.24) is 4.90 Å². The Bertz CT molecular complexity index is 778. The summed E-state index contributed by atoms with van der Waals surface area (Å²) in [4.78, 5) is 27.6. The molecule has 0 spiro atoms. The largest absolute Gasteiger partial charge is 0.343 e. The highest BCUT2D eigenvalue weighted by molar-refractivity contribution is 9.10. The maximum atomic E-state index is 12.7. The van der Waals surface area contributed by atoms with Gasteiger partial charge in [0.1, 0.15) is 0 Å². The number of hydrogen-bond acceptors (Lipinski definition) is 2. The Labute approximate surface area is 163 Å². The summed E-state index contributed by atoms with van der Waals surface area (Å²) in [7, 11) is 5.33. The number of hydrogen-bond donors (Lipinski definition) is 2. The zero-order valence-electron chi connectivity index (χ0n) is 15.5. The van der Waals surface area contributed by atoms with Crippen molar-refractivity contribution in [3.8, 4) is 0 Å². The molecule has 2 atom stereocenters. The number of carbonyl (C=O) groups is 2. The number of benzene rings is 2. The van der Waals surface area contributed by atoms with E-state index in [-0.39, 0.29) is 18.4 Å². The average Bonchev–Trinajstić information content (AvgIpc) is 2.58. The molecular weight excluding hydrogens is 394 g/mol. The number of amides is 2. The quantitative estimate of drug-likeness (QED) is 0.753. The molecular formula is C20H25BrN3O2+. The summed E-state index contributed by atoms with van der Waals surface area (Å²) >= 11 is 3.42. The average molecular weight is 419 g/mol. The van der Waals surface area contributed by atoms with E-state index in [9.17, 15) is 9.59 Å². The number of halogens is 1. The number of nitrogens with zero attached hydrogens (tertiary/aromatic N) is 1. The standard InChI is InChI=1S/C20H24BrN3O2/c1-14-12-16(21)10-11-17(14)22-18(25)13-24(4)19(20(26)23(2)3)15-8-6-5-7-9-15/h5-12,19H,13H2,1-4H3,(H,22,25)/p+1/t19-/m1/s1. The van der Waals surface area contributed by atoms with Gasteiger partial charge in [-0.15, -0.1) is 0 Å². The molecule has 0 saturated heterocycles.